The molecule has 0 bridgehead atoms. The molecule has 0 radical (unpaired) electrons. The fraction of sp³-hybridized carbons (Fsp3) is 0.238. The van der Waals surface area contributed by atoms with Gasteiger partial charge in [0.25, 0.3) is 11.8 Å². The Morgan fingerprint density at radius 1 is 1.14 bits per heavy atom. The largest absolute Gasteiger partial charge is 0.496 e. The predicted octanol–water partition coefficient (Wildman–Crippen LogP) is 4.25. The highest BCUT2D eigenvalue weighted by Gasteiger charge is 2.21. The number of rotatable bonds is 6. The zero-order chi connectivity index (χ0) is 19.9. The molecule has 0 saturated carbocycles. The van der Waals surface area contributed by atoms with Crippen molar-refractivity contribution in [3.8, 4) is 0 Å². The number of benzene rings is 2. The van der Waals surface area contributed by atoms with Gasteiger partial charge in [-0.1, -0.05) is 41.9 Å². The number of carbonyl (C=O) groups is 2. The summed E-state index contributed by atoms with van der Waals surface area (Å²) in [6.45, 7) is 2.84. The lowest BCUT2D eigenvalue weighted by molar-refractivity contribution is -0.112. The summed E-state index contributed by atoms with van der Waals surface area (Å²) < 4.78 is 5.44. The number of thioether (sulfide) groups is 1. The Morgan fingerprint density at radius 3 is 2.68 bits per heavy atom. The van der Waals surface area contributed by atoms with E-state index in [9.17, 15) is 9.59 Å². The molecule has 2 aromatic carbocycles. The van der Waals surface area contributed by atoms with Gasteiger partial charge in [0.15, 0.2) is 0 Å². The normalized spacial score (nSPS) is 13.6. The van der Waals surface area contributed by atoms with Crippen LogP contribution in [0.15, 0.2) is 59.2 Å². The van der Waals surface area contributed by atoms with Crippen LogP contribution < -0.4 is 10.6 Å². The Morgan fingerprint density at radius 2 is 1.93 bits per heavy atom. The monoisotopic (exact) mass is 416 g/mol. The molecule has 1 heterocycles. The molecule has 1 aliphatic rings. The summed E-state index contributed by atoms with van der Waals surface area (Å²) in [6, 6.07) is 14.7. The maximum absolute atomic E-state index is 12.6. The number of anilines is 1. The lowest BCUT2D eigenvalue weighted by atomic mass is 10.1. The van der Waals surface area contributed by atoms with Crippen LogP contribution >= 0.6 is 23.4 Å². The lowest BCUT2D eigenvalue weighted by Crippen LogP contribution is -2.27. The summed E-state index contributed by atoms with van der Waals surface area (Å²) in [5.41, 5.74) is 1.89. The molecule has 0 spiro atoms. The van der Waals surface area contributed by atoms with Gasteiger partial charge in [0.2, 0.25) is 0 Å². The second kappa shape index (κ2) is 9.66. The van der Waals surface area contributed by atoms with Gasteiger partial charge in [-0.25, -0.2) is 0 Å². The van der Waals surface area contributed by atoms with E-state index in [1.807, 2.05) is 30.3 Å². The molecule has 1 aliphatic heterocycles. The zero-order valence-corrected chi connectivity index (χ0v) is 17.0. The van der Waals surface area contributed by atoms with Crippen molar-refractivity contribution in [1.29, 1.82) is 0 Å². The van der Waals surface area contributed by atoms with Gasteiger partial charge in [-0.05, 0) is 37.1 Å². The van der Waals surface area contributed by atoms with E-state index < -0.39 is 0 Å². The molecule has 0 aliphatic carbocycles. The number of halogens is 1. The highest BCUT2D eigenvalue weighted by Crippen LogP contribution is 2.28. The fourth-order valence-electron chi connectivity index (χ4n) is 2.79. The van der Waals surface area contributed by atoms with Gasteiger partial charge in [-0.2, -0.15) is 0 Å². The molecule has 0 unspecified atom stereocenters. The van der Waals surface area contributed by atoms with Gasteiger partial charge in [0.05, 0.1) is 17.9 Å². The van der Waals surface area contributed by atoms with Crippen LogP contribution in [-0.2, 0) is 16.0 Å². The Kier molecular flexibility index (Phi) is 7.01. The molecular weight excluding hydrogens is 396 g/mol. The molecule has 2 amide bonds. The van der Waals surface area contributed by atoms with Gasteiger partial charge in [0.1, 0.15) is 10.7 Å². The number of hydrogen-bond acceptors (Lipinski definition) is 4. The molecule has 0 fully saturated rings. The zero-order valence-electron chi connectivity index (χ0n) is 15.5. The number of nitrogens with one attached hydrogen (secondary N) is 2. The van der Waals surface area contributed by atoms with Gasteiger partial charge < -0.3 is 15.4 Å². The number of carbonyl (C=O) groups excluding carboxylic acids is 2. The highest BCUT2D eigenvalue weighted by atomic mass is 35.5. The molecule has 2 aromatic rings. The first kappa shape index (κ1) is 20.3. The van der Waals surface area contributed by atoms with Crippen LogP contribution in [-0.4, -0.2) is 30.7 Å². The standard InChI is InChI=1S/C21H21ClN2O3S/c1-14-19(28-12-11-27-14)21(26)24-18-13-16(22)7-8-17(18)20(25)23-10-9-15-5-3-2-4-6-15/h2-8,13H,9-12H2,1H3,(H,23,25)(H,24,26). The third-order valence-electron chi connectivity index (χ3n) is 4.19. The lowest BCUT2D eigenvalue weighted by Gasteiger charge is -2.18. The van der Waals surface area contributed by atoms with Crippen LogP contribution in [0.4, 0.5) is 5.69 Å². The van der Waals surface area contributed by atoms with Crippen molar-refractivity contribution in [1.82, 2.24) is 5.32 Å². The maximum Gasteiger partial charge on any atom is 0.265 e. The van der Waals surface area contributed by atoms with E-state index in [2.05, 4.69) is 10.6 Å². The van der Waals surface area contributed by atoms with Crippen molar-refractivity contribution in [3.05, 3.63) is 75.3 Å². The van der Waals surface area contributed by atoms with Crippen molar-refractivity contribution in [2.45, 2.75) is 13.3 Å². The van der Waals surface area contributed by atoms with Crippen molar-refractivity contribution in [2.24, 2.45) is 0 Å². The molecule has 0 aromatic heterocycles. The molecule has 28 heavy (non-hydrogen) atoms. The third-order valence-corrected chi connectivity index (χ3v) is 5.56. The van der Waals surface area contributed by atoms with Gasteiger partial charge >= 0.3 is 0 Å². The molecule has 3 rings (SSSR count). The Hall–Kier alpha value is -2.44. The second-order valence-electron chi connectivity index (χ2n) is 6.22. The summed E-state index contributed by atoms with van der Waals surface area (Å²) in [4.78, 5) is 25.8. The van der Waals surface area contributed by atoms with Gasteiger partial charge in [-0.3, -0.25) is 9.59 Å². The first-order valence-corrected chi connectivity index (χ1v) is 10.3. The average molecular weight is 417 g/mol. The van der Waals surface area contributed by atoms with Gasteiger partial charge in [-0.15, -0.1) is 11.8 Å². The third kappa shape index (κ3) is 5.30. The summed E-state index contributed by atoms with van der Waals surface area (Å²) in [5.74, 6) is 0.733. The van der Waals surface area contributed by atoms with Crippen LogP contribution in [0.5, 0.6) is 0 Å². The maximum atomic E-state index is 12.6. The van der Waals surface area contributed by atoms with E-state index in [-0.39, 0.29) is 11.8 Å². The van der Waals surface area contributed by atoms with E-state index in [4.69, 9.17) is 16.3 Å². The number of allylic oxidation sites excluding steroid dienone is 1. The Bertz CT molecular complexity index is 900. The number of amides is 2. The van der Waals surface area contributed by atoms with E-state index in [0.29, 0.717) is 45.8 Å². The van der Waals surface area contributed by atoms with Crippen molar-refractivity contribution in [2.75, 3.05) is 24.2 Å². The summed E-state index contributed by atoms with van der Waals surface area (Å²) in [5, 5.41) is 6.13. The minimum atomic E-state index is -0.303. The van der Waals surface area contributed by atoms with Gasteiger partial charge in [0, 0.05) is 17.3 Å². The van der Waals surface area contributed by atoms with Crippen LogP contribution in [0.1, 0.15) is 22.8 Å². The molecule has 0 saturated heterocycles. The Labute approximate surface area is 173 Å². The Balaban J connectivity index is 1.69. The van der Waals surface area contributed by atoms with Crippen LogP contribution in [0.2, 0.25) is 5.02 Å². The minimum Gasteiger partial charge on any atom is -0.496 e. The molecule has 146 valence electrons. The SMILES string of the molecule is CC1=C(C(=O)Nc2cc(Cl)ccc2C(=O)NCCc2ccccc2)SCCO1. The quantitative estimate of drug-likeness (QED) is 0.738. The molecule has 0 atom stereocenters. The van der Waals surface area contributed by atoms with E-state index >= 15 is 0 Å². The summed E-state index contributed by atoms with van der Waals surface area (Å²) >= 11 is 7.52. The molecule has 5 nitrogen and oxygen atoms in total. The van der Waals surface area contributed by atoms with E-state index in [0.717, 1.165) is 12.0 Å². The van der Waals surface area contributed by atoms with Crippen LogP contribution in [0.25, 0.3) is 0 Å². The first-order chi connectivity index (χ1) is 13.5. The first-order valence-electron chi connectivity index (χ1n) is 8.94. The van der Waals surface area contributed by atoms with Crippen LogP contribution in [0.3, 0.4) is 0 Å². The minimum absolute atomic E-state index is 0.263. The molecular formula is C21H21ClN2O3S. The summed E-state index contributed by atoms with van der Waals surface area (Å²) in [7, 11) is 0. The topological polar surface area (TPSA) is 67.4 Å². The van der Waals surface area contributed by atoms with Crippen molar-refractivity contribution in [3.63, 3.8) is 0 Å². The van der Waals surface area contributed by atoms with Crippen molar-refractivity contribution < 1.29 is 14.3 Å². The fourth-order valence-corrected chi connectivity index (χ4v) is 3.78. The second-order valence-corrected chi connectivity index (χ2v) is 7.76. The predicted molar refractivity (Wildman–Crippen MR) is 114 cm³/mol. The van der Waals surface area contributed by atoms with E-state index in [1.165, 1.54) is 11.8 Å². The number of hydrogen-bond donors (Lipinski definition) is 2. The summed E-state index contributed by atoms with van der Waals surface area (Å²) in [6.07, 6.45) is 0.724. The smallest absolute Gasteiger partial charge is 0.265 e. The average Bonchev–Trinajstić information content (AvgIpc) is 2.69. The van der Waals surface area contributed by atoms with Crippen LogP contribution in [0, 0.1) is 0 Å². The van der Waals surface area contributed by atoms with Crippen molar-refractivity contribution >= 4 is 40.9 Å². The molecule has 2 N–H and O–H groups in total. The highest BCUT2D eigenvalue weighted by molar-refractivity contribution is 8.04. The van der Waals surface area contributed by atoms with E-state index in [1.54, 1.807) is 25.1 Å². The number of ether oxygens (including phenoxy) is 1. The molecule has 7 heteroatoms.